The van der Waals surface area contributed by atoms with Gasteiger partial charge in [0.05, 0.1) is 17.9 Å². The summed E-state index contributed by atoms with van der Waals surface area (Å²) in [7, 11) is 0. The van der Waals surface area contributed by atoms with Crippen LogP contribution in [0.5, 0.6) is 0 Å². The van der Waals surface area contributed by atoms with Crippen LogP contribution in [-0.4, -0.2) is 30.2 Å². The van der Waals surface area contributed by atoms with E-state index >= 15 is 0 Å². The van der Waals surface area contributed by atoms with Crippen molar-refractivity contribution in [2.45, 2.75) is 6.18 Å². The summed E-state index contributed by atoms with van der Waals surface area (Å²) in [6.45, 7) is -0.442. The molecule has 0 aromatic heterocycles. The van der Waals surface area contributed by atoms with Crippen LogP contribution in [0.3, 0.4) is 0 Å². The molecule has 0 fully saturated rings. The fourth-order valence-electron chi connectivity index (χ4n) is 2.09. The number of alkyl halides is 3. The van der Waals surface area contributed by atoms with Gasteiger partial charge < -0.3 is 21.1 Å². The number of nitrogens with one attached hydrogen (secondary N) is 3. The third-order valence-electron chi connectivity index (χ3n) is 3.26. The van der Waals surface area contributed by atoms with Gasteiger partial charge in [-0.1, -0.05) is 18.2 Å². The average molecular weight is 367 g/mol. The summed E-state index contributed by atoms with van der Waals surface area (Å²) in [6.07, 6.45) is -4.74. The molecule has 9 heteroatoms. The fraction of sp³-hybridized carbons (Fsp3) is 0.176. The zero-order valence-corrected chi connectivity index (χ0v) is 13.4. The highest BCUT2D eigenvalue weighted by Gasteiger charge is 2.34. The molecule has 0 aliphatic heterocycles. The van der Waals surface area contributed by atoms with Crippen LogP contribution in [-0.2, 0) is 6.18 Å². The molecular weight excluding hydrogens is 351 g/mol. The predicted octanol–water partition coefficient (Wildman–Crippen LogP) is 3.07. The van der Waals surface area contributed by atoms with E-state index < -0.39 is 29.4 Å². The van der Waals surface area contributed by atoms with Crippen molar-refractivity contribution in [3.63, 3.8) is 0 Å². The van der Waals surface area contributed by atoms with Gasteiger partial charge in [-0.3, -0.25) is 4.79 Å². The zero-order chi connectivity index (χ0) is 19.2. The molecule has 2 aromatic rings. The quantitative estimate of drug-likeness (QED) is 0.655. The van der Waals surface area contributed by atoms with Gasteiger partial charge in [0.2, 0.25) is 0 Å². The minimum atomic E-state index is -4.74. The second-order valence-electron chi connectivity index (χ2n) is 5.18. The maximum absolute atomic E-state index is 13.3. The third-order valence-corrected chi connectivity index (χ3v) is 3.26. The van der Waals surface area contributed by atoms with Crippen LogP contribution >= 0.6 is 0 Å². The largest absolute Gasteiger partial charge is 0.418 e. The lowest BCUT2D eigenvalue weighted by Crippen LogP contribution is -2.31. The van der Waals surface area contributed by atoms with Crippen molar-refractivity contribution in [1.82, 2.24) is 5.32 Å². The van der Waals surface area contributed by atoms with Crippen molar-refractivity contribution in [3.8, 4) is 0 Å². The Morgan fingerprint density at radius 2 is 1.69 bits per heavy atom. The second kappa shape index (κ2) is 8.34. The molecule has 0 unspecified atom stereocenters. The highest BCUT2D eigenvalue weighted by molar-refractivity contribution is 6.04. The van der Waals surface area contributed by atoms with Crippen LogP contribution in [0.1, 0.15) is 15.9 Å². The summed E-state index contributed by atoms with van der Waals surface area (Å²) < 4.78 is 39.8. The molecule has 0 bridgehead atoms. The van der Waals surface area contributed by atoms with E-state index in [0.29, 0.717) is 5.56 Å². The number of rotatable bonds is 5. The normalized spacial score (nSPS) is 10.9. The second-order valence-corrected chi connectivity index (χ2v) is 5.18. The maximum atomic E-state index is 13.3. The maximum Gasteiger partial charge on any atom is 0.418 e. The summed E-state index contributed by atoms with van der Waals surface area (Å²) in [5, 5.41) is 15.3. The Labute approximate surface area is 147 Å². The van der Waals surface area contributed by atoms with Crippen molar-refractivity contribution in [2.24, 2.45) is 0 Å². The Kier molecular flexibility index (Phi) is 6.18. The van der Waals surface area contributed by atoms with Gasteiger partial charge in [0.25, 0.3) is 5.91 Å². The number of anilines is 2. The Morgan fingerprint density at radius 3 is 2.31 bits per heavy atom. The minimum absolute atomic E-state index is 0.0625. The molecule has 0 atom stereocenters. The van der Waals surface area contributed by atoms with Gasteiger partial charge in [0, 0.05) is 17.8 Å². The number of hydrogen-bond donors (Lipinski definition) is 4. The number of amides is 3. The molecule has 6 nitrogen and oxygen atoms in total. The van der Waals surface area contributed by atoms with Gasteiger partial charge >= 0.3 is 12.2 Å². The van der Waals surface area contributed by atoms with Crippen LogP contribution in [0.15, 0.2) is 48.5 Å². The van der Waals surface area contributed by atoms with Crippen LogP contribution in [0.25, 0.3) is 0 Å². The van der Waals surface area contributed by atoms with Crippen molar-refractivity contribution in [3.05, 3.63) is 59.7 Å². The molecular formula is C17H16F3N3O3. The molecule has 0 radical (unpaired) electrons. The molecule has 0 aliphatic rings. The molecule has 0 aliphatic carbocycles. The standard InChI is InChI=1S/C17H16F3N3O3/c18-17(19,20)13-10-12(22-15(25)11-4-2-1-3-5-11)6-7-14(13)23-16(26)21-8-9-24/h1-7,10,24H,8-9H2,(H,22,25)(H2,21,23,26). The number of carbonyl (C=O) groups excluding carboxylic acids is 2. The summed E-state index contributed by atoms with van der Waals surface area (Å²) in [5.41, 5.74) is -1.34. The first kappa shape index (κ1) is 19.3. The number of aliphatic hydroxyl groups excluding tert-OH is 1. The van der Waals surface area contributed by atoms with Crippen LogP contribution in [0, 0.1) is 0 Å². The summed E-state index contributed by atoms with van der Waals surface area (Å²) in [4.78, 5) is 23.6. The monoisotopic (exact) mass is 367 g/mol. The number of carbonyl (C=O) groups is 2. The van der Waals surface area contributed by atoms with E-state index in [4.69, 9.17) is 5.11 Å². The highest BCUT2D eigenvalue weighted by atomic mass is 19.4. The number of halogens is 3. The van der Waals surface area contributed by atoms with Gasteiger partial charge in [0.1, 0.15) is 0 Å². The number of aliphatic hydroxyl groups is 1. The number of urea groups is 1. The number of benzene rings is 2. The Bertz CT molecular complexity index is 780. The molecule has 3 amide bonds. The van der Waals surface area contributed by atoms with E-state index in [1.807, 2.05) is 0 Å². The van der Waals surface area contributed by atoms with E-state index in [2.05, 4.69) is 16.0 Å². The first-order valence-electron chi connectivity index (χ1n) is 7.54. The first-order chi connectivity index (χ1) is 12.3. The number of hydrogen-bond acceptors (Lipinski definition) is 3. The molecule has 2 aromatic carbocycles. The van der Waals surface area contributed by atoms with Gasteiger partial charge in [-0.2, -0.15) is 13.2 Å². The van der Waals surface area contributed by atoms with Crippen molar-refractivity contribution in [2.75, 3.05) is 23.8 Å². The van der Waals surface area contributed by atoms with E-state index in [1.165, 1.54) is 18.2 Å². The van der Waals surface area contributed by atoms with Crippen LogP contribution in [0.4, 0.5) is 29.3 Å². The fourth-order valence-corrected chi connectivity index (χ4v) is 2.09. The summed E-state index contributed by atoms with van der Waals surface area (Å²) >= 11 is 0. The molecule has 0 saturated carbocycles. The SMILES string of the molecule is O=C(NCCO)Nc1ccc(NC(=O)c2ccccc2)cc1C(F)(F)F. The van der Waals surface area contributed by atoms with E-state index in [9.17, 15) is 22.8 Å². The lowest BCUT2D eigenvalue weighted by Gasteiger charge is -2.16. The molecule has 138 valence electrons. The average Bonchev–Trinajstić information content (AvgIpc) is 2.61. The van der Waals surface area contributed by atoms with Gasteiger partial charge in [0.15, 0.2) is 0 Å². The lowest BCUT2D eigenvalue weighted by atomic mass is 10.1. The van der Waals surface area contributed by atoms with E-state index in [0.717, 1.165) is 12.1 Å². The van der Waals surface area contributed by atoms with E-state index in [-0.39, 0.29) is 18.8 Å². The van der Waals surface area contributed by atoms with Crippen LogP contribution < -0.4 is 16.0 Å². The molecule has 0 saturated heterocycles. The minimum Gasteiger partial charge on any atom is -0.395 e. The van der Waals surface area contributed by atoms with Crippen molar-refractivity contribution >= 4 is 23.3 Å². The zero-order valence-electron chi connectivity index (χ0n) is 13.4. The van der Waals surface area contributed by atoms with E-state index in [1.54, 1.807) is 18.2 Å². The molecule has 2 rings (SSSR count). The molecule has 26 heavy (non-hydrogen) atoms. The lowest BCUT2D eigenvalue weighted by molar-refractivity contribution is -0.136. The van der Waals surface area contributed by atoms with Gasteiger partial charge in [-0.25, -0.2) is 4.79 Å². The van der Waals surface area contributed by atoms with Crippen molar-refractivity contribution in [1.29, 1.82) is 0 Å². The Morgan fingerprint density at radius 1 is 1.00 bits per heavy atom. The third kappa shape index (κ3) is 5.21. The molecule has 0 heterocycles. The smallest absolute Gasteiger partial charge is 0.395 e. The van der Waals surface area contributed by atoms with Gasteiger partial charge in [-0.15, -0.1) is 0 Å². The summed E-state index contributed by atoms with van der Waals surface area (Å²) in [6, 6.07) is 10.2. The first-order valence-corrected chi connectivity index (χ1v) is 7.54. The Hall–Kier alpha value is -3.07. The highest BCUT2D eigenvalue weighted by Crippen LogP contribution is 2.36. The van der Waals surface area contributed by atoms with Crippen LogP contribution in [0.2, 0.25) is 0 Å². The van der Waals surface area contributed by atoms with Gasteiger partial charge in [-0.05, 0) is 30.3 Å². The predicted molar refractivity (Wildman–Crippen MR) is 89.9 cm³/mol. The Balaban J connectivity index is 2.22. The van der Waals surface area contributed by atoms with Crippen molar-refractivity contribution < 1.29 is 27.9 Å². The molecule has 0 spiro atoms. The molecule has 4 N–H and O–H groups in total. The topological polar surface area (TPSA) is 90.5 Å². The summed E-state index contributed by atoms with van der Waals surface area (Å²) in [5.74, 6) is -0.555.